The molecule has 2 aromatic carbocycles. The summed E-state index contributed by atoms with van der Waals surface area (Å²) in [6.45, 7) is 1.83. The van der Waals surface area contributed by atoms with Crippen LogP contribution >= 0.6 is 11.6 Å². The number of ether oxygens (including phenoxy) is 1. The van der Waals surface area contributed by atoms with Crippen molar-refractivity contribution in [1.82, 2.24) is 15.2 Å². The second-order valence-corrected chi connectivity index (χ2v) is 6.66. The van der Waals surface area contributed by atoms with Gasteiger partial charge in [0.05, 0.1) is 29.7 Å². The van der Waals surface area contributed by atoms with Crippen LogP contribution in [-0.4, -0.2) is 22.3 Å². The Bertz CT molecular complexity index is 1180. The predicted molar refractivity (Wildman–Crippen MR) is 109 cm³/mol. The Balaban J connectivity index is 1.76. The highest BCUT2D eigenvalue weighted by molar-refractivity contribution is 6.30. The molecule has 0 aliphatic rings. The summed E-state index contributed by atoms with van der Waals surface area (Å²) in [5, 5.41) is 13.0. The van der Waals surface area contributed by atoms with E-state index in [1.165, 1.54) is 18.2 Å². The first-order chi connectivity index (χ1) is 13.5. The van der Waals surface area contributed by atoms with Gasteiger partial charge in [-0.25, -0.2) is 4.39 Å². The fraction of sp³-hybridized carbons (Fsp3) is 0.0952. The molecule has 0 spiro atoms. The van der Waals surface area contributed by atoms with E-state index in [2.05, 4.69) is 20.5 Å². The molecule has 0 aliphatic heterocycles. The van der Waals surface area contributed by atoms with Gasteiger partial charge in [-0.3, -0.25) is 4.98 Å². The van der Waals surface area contributed by atoms with E-state index in [0.29, 0.717) is 27.7 Å². The van der Waals surface area contributed by atoms with Crippen molar-refractivity contribution in [3.05, 3.63) is 71.3 Å². The van der Waals surface area contributed by atoms with Crippen molar-refractivity contribution < 1.29 is 9.13 Å². The third-order valence-corrected chi connectivity index (χ3v) is 4.64. The zero-order valence-corrected chi connectivity index (χ0v) is 16.0. The molecule has 4 rings (SSSR count). The molecule has 0 radical (unpaired) electrons. The normalized spacial score (nSPS) is 10.9. The smallest absolute Gasteiger partial charge is 0.132 e. The SMILES string of the molecule is COc1ccc2c(Nc3cc(-c4cc(Cl)ccc4F)nnc3C)ccnc2c1. The van der Waals surface area contributed by atoms with Crippen molar-refractivity contribution in [2.75, 3.05) is 12.4 Å². The first-order valence-electron chi connectivity index (χ1n) is 8.54. The maximum Gasteiger partial charge on any atom is 0.132 e. The zero-order valence-electron chi connectivity index (χ0n) is 15.2. The van der Waals surface area contributed by atoms with Crippen molar-refractivity contribution in [3.8, 4) is 17.0 Å². The molecule has 7 heteroatoms. The number of hydrogen-bond acceptors (Lipinski definition) is 5. The number of aryl methyl sites for hydroxylation is 1. The van der Waals surface area contributed by atoms with Crippen LogP contribution in [0.3, 0.4) is 0 Å². The zero-order chi connectivity index (χ0) is 19.7. The summed E-state index contributed by atoms with van der Waals surface area (Å²) < 4.78 is 19.5. The number of benzene rings is 2. The van der Waals surface area contributed by atoms with Crippen LogP contribution in [0.25, 0.3) is 22.2 Å². The first kappa shape index (κ1) is 18.1. The van der Waals surface area contributed by atoms with Gasteiger partial charge in [0.1, 0.15) is 11.6 Å². The quantitative estimate of drug-likeness (QED) is 0.492. The van der Waals surface area contributed by atoms with Crippen LogP contribution in [0.5, 0.6) is 5.75 Å². The second kappa shape index (κ2) is 7.40. The lowest BCUT2D eigenvalue weighted by Gasteiger charge is -2.13. The van der Waals surface area contributed by atoms with Crippen molar-refractivity contribution in [2.24, 2.45) is 0 Å². The Morgan fingerprint density at radius 1 is 1.00 bits per heavy atom. The molecular weight excluding hydrogens is 379 g/mol. The standard InChI is InChI=1S/C21H16ClFN4O/c1-12-19(11-21(27-26-12)16-9-13(22)3-6-17(16)23)25-18-7-8-24-20-10-14(28-2)4-5-15(18)20/h3-11H,1-2H3,(H,24,25,27). The Morgan fingerprint density at radius 3 is 2.68 bits per heavy atom. The monoisotopic (exact) mass is 394 g/mol. The molecule has 0 atom stereocenters. The molecule has 2 heterocycles. The van der Waals surface area contributed by atoms with Crippen LogP contribution in [0, 0.1) is 12.7 Å². The summed E-state index contributed by atoms with van der Waals surface area (Å²) in [5.74, 6) is 0.326. The Morgan fingerprint density at radius 2 is 1.86 bits per heavy atom. The van der Waals surface area contributed by atoms with E-state index >= 15 is 0 Å². The Hall–Kier alpha value is -3.25. The molecule has 1 N–H and O–H groups in total. The van der Waals surface area contributed by atoms with Crippen LogP contribution in [0.4, 0.5) is 15.8 Å². The number of anilines is 2. The van der Waals surface area contributed by atoms with Crippen LogP contribution < -0.4 is 10.1 Å². The Labute approximate surface area is 166 Å². The summed E-state index contributed by atoms with van der Waals surface area (Å²) >= 11 is 6.01. The molecule has 0 amide bonds. The first-order valence-corrected chi connectivity index (χ1v) is 8.92. The van der Waals surface area contributed by atoms with Gasteiger partial charge in [-0.1, -0.05) is 11.6 Å². The Kier molecular flexibility index (Phi) is 4.79. The van der Waals surface area contributed by atoms with Gasteiger partial charge in [0.25, 0.3) is 0 Å². The molecule has 28 heavy (non-hydrogen) atoms. The maximum atomic E-state index is 14.2. The summed E-state index contributed by atoms with van der Waals surface area (Å²) in [7, 11) is 1.62. The highest BCUT2D eigenvalue weighted by Gasteiger charge is 2.12. The number of aromatic nitrogens is 3. The molecule has 0 bridgehead atoms. The van der Waals surface area contributed by atoms with Gasteiger partial charge in [0.15, 0.2) is 0 Å². The summed E-state index contributed by atoms with van der Waals surface area (Å²) in [4.78, 5) is 4.39. The average Bonchev–Trinajstić information content (AvgIpc) is 2.71. The fourth-order valence-corrected chi connectivity index (χ4v) is 3.09. The predicted octanol–water partition coefficient (Wildman–Crippen LogP) is 5.54. The van der Waals surface area contributed by atoms with E-state index in [1.807, 2.05) is 31.2 Å². The molecular formula is C21H16ClFN4O. The van der Waals surface area contributed by atoms with Crippen molar-refractivity contribution in [2.45, 2.75) is 6.92 Å². The van der Waals surface area contributed by atoms with Crippen LogP contribution in [-0.2, 0) is 0 Å². The number of pyridine rings is 1. The van der Waals surface area contributed by atoms with E-state index in [0.717, 1.165) is 22.3 Å². The number of fused-ring (bicyclic) bond motifs is 1. The lowest BCUT2D eigenvalue weighted by atomic mass is 10.1. The van der Waals surface area contributed by atoms with Crippen LogP contribution in [0.1, 0.15) is 5.69 Å². The van der Waals surface area contributed by atoms with E-state index in [9.17, 15) is 4.39 Å². The highest BCUT2D eigenvalue weighted by atomic mass is 35.5. The average molecular weight is 395 g/mol. The van der Waals surface area contributed by atoms with Gasteiger partial charge in [-0.2, -0.15) is 10.2 Å². The number of nitrogens with zero attached hydrogens (tertiary/aromatic N) is 3. The highest BCUT2D eigenvalue weighted by Crippen LogP contribution is 2.31. The summed E-state index contributed by atoms with van der Waals surface area (Å²) in [6.07, 6.45) is 1.71. The van der Waals surface area contributed by atoms with Crippen LogP contribution in [0.15, 0.2) is 54.7 Å². The third kappa shape index (κ3) is 3.46. The number of halogens is 2. The molecule has 140 valence electrons. The molecule has 0 aliphatic carbocycles. The van der Waals surface area contributed by atoms with E-state index < -0.39 is 5.82 Å². The summed E-state index contributed by atoms with van der Waals surface area (Å²) in [6, 6.07) is 13.7. The lowest BCUT2D eigenvalue weighted by Crippen LogP contribution is -2.00. The van der Waals surface area contributed by atoms with Crippen molar-refractivity contribution in [3.63, 3.8) is 0 Å². The molecule has 4 aromatic rings. The molecule has 0 saturated carbocycles. The van der Waals surface area contributed by atoms with Gasteiger partial charge in [-0.05, 0) is 49.4 Å². The number of nitrogens with one attached hydrogen (secondary N) is 1. The number of hydrogen-bond donors (Lipinski definition) is 1. The largest absolute Gasteiger partial charge is 0.497 e. The molecule has 0 unspecified atom stereocenters. The number of rotatable bonds is 4. The van der Waals surface area contributed by atoms with Crippen molar-refractivity contribution >= 4 is 33.9 Å². The van der Waals surface area contributed by atoms with E-state index in [1.54, 1.807) is 19.4 Å². The van der Waals surface area contributed by atoms with Crippen molar-refractivity contribution in [1.29, 1.82) is 0 Å². The van der Waals surface area contributed by atoms with Gasteiger partial charge in [-0.15, -0.1) is 0 Å². The van der Waals surface area contributed by atoms with Gasteiger partial charge < -0.3 is 10.1 Å². The van der Waals surface area contributed by atoms with Gasteiger partial charge in [0.2, 0.25) is 0 Å². The minimum Gasteiger partial charge on any atom is -0.497 e. The van der Waals surface area contributed by atoms with Gasteiger partial charge >= 0.3 is 0 Å². The lowest BCUT2D eigenvalue weighted by molar-refractivity contribution is 0.415. The molecule has 0 fully saturated rings. The minimum absolute atomic E-state index is 0.298. The maximum absolute atomic E-state index is 14.2. The third-order valence-electron chi connectivity index (χ3n) is 4.40. The van der Waals surface area contributed by atoms with E-state index in [-0.39, 0.29) is 0 Å². The fourth-order valence-electron chi connectivity index (χ4n) is 2.91. The molecule has 0 saturated heterocycles. The van der Waals surface area contributed by atoms with Gasteiger partial charge in [0, 0.05) is 33.9 Å². The summed E-state index contributed by atoms with van der Waals surface area (Å²) in [5.41, 5.74) is 3.74. The second-order valence-electron chi connectivity index (χ2n) is 6.22. The molecule has 2 aromatic heterocycles. The van der Waals surface area contributed by atoms with Crippen LogP contribution in [0.2, 0.25) is 5.02 Å². The molecule has 5 nitrogen and oxygen atoms in total. The van der Waals surface area contributed by atoms with E-state index in [4.69, 9.17) is 16.3 Å². The minimum atomic E-state index is -0.407. The topological polar surface area (TPSA) is 59.9 Å². The number of methoxy groups -OCH3 is 1.